The number of nitrogens with one attached hydrogen (secondary N) is 2. The van der Waals surface area contributed by atoms with Gasteiger partial charge in [0.1, 0.15) is 11.6 Å². The number of aromatic hydroxyl groups is 1. The van der Waals surface area contributed by atoms with Gasteiger partial charge in [0.05, 0.1) is 17.4 Å². The molecule has 0 spiro atoms. The second-order valence-corrected chi connectivity index (χ2v) is 9.21. The summed E-state index contributed by atoms with van der Waals surface area (Å²) in [6.07, 6.45) is 11.0. The molecule has 1 aromatic rings. The van der Waals surface area contributed by atoms with E-state index in [1.807, 2.05) is 26.0 Å². The molecule has 1 aliphatic heterocycles. The number of carbonyl (C=O) groups excluding carboxylic acids is 1. The summed E-state index contributed by atoms with van der Waals surface area (Å²) in [5.74, 6) is 2.05. The first-order valence-electron chi connectivity index (χ1n) is 11.0. The van der Waals surface area contributed by atoms with Gasteiger partial charge in [0, 0.05) is 6.42 Å². The molecule has 0 aromatic heterocycles. The van der Waals surface area contributed by atoms with Crippen molar-refractivity contribution in [2.75, 3.05) is 0 Å². The number of hydrogen-bond acceptors (Lipinski definition) is 4. The van der Waals surface area contributed by atoms with Gasteiger partial charge in [-0.1, -0.05) is 46.0 Å². The van der Waals surface area contributed by atoms with E-state index in [1.54, 1.807) is 18.3 Å². The fourth-order valence-corrected chi connectivity index (χ4v) is 4.32. The molecular weight excluding hydrogens is 362 g/mol. The highest BCUT2D eigenvalue weighted by Crippen LogP contribution is 2.32. The van der Waals surface area contributed by atoms with E-state index < -0.39 is 5.54 Å². The average molecular weight is 398 g/mol. The lowest BCUT2D eigenvalue weighted by molar-refractivity contribution is -0.120. The van der Waals surface area contributed by atoms with Crippen LogP contribution in [-0.2, 0) is 4.79 Å². The number of hydrogen-bond donors (Lipinski definition) is 3. The number of amidine groups is 1. The normalized spacial score (nSPS) is 22.6. The van der Waals surface area contributed by atoms with Gasteiger partial charge in [-0.15, -0.1) is 0 Å². The van der Waals surface area contributed by atoms with Crippen LogP contribution in [0.1, 0.15) is 77.7 Å². The summed E-state index contributed by atoms with van der Waals surface area (Å²) in [4.78, 5) is 17.1. The number of benzene rings is 1. The summed E-state index contributed by atoms with van der Waals surface area (Å²) in [5, 5.41) is 16.3. The zero-order valence-electron chi connectivity index (χ0n) is 18.0. The van der Waals surface area contributed by atoms with Crippen molar-refractivity contribution in [1.82, 2.24) is 10.6 Å². The Morgan fingerprint density at radius 1 is 1.24 bits per heavy atom. The summed E-state index contributed by atoms with van der Waals surface area (Å²) < 4.78 is 0. The highest BCUT2D eigenvalue weighted by molar-refractivity contribution is 6.05. The number of carbonyl (C=O) groups is 1. The Bertz CT molecular complexity index is 761. The van der Waals surface area contributed by atoms with E-state index in [9.17, 15) is 9.90 Å². The Morgan fingerprint density at radius 2 is 1.93 bits per heavy atom. The highest BCUT2D eigenvalue weighted by atomic mass is 16.3. The Morgan fingerprint density at radius 3 is 2.59 bits per heavy atom. The second-order valence-electron chi connectivity index (χ2n) is 9.21. The molecule has 1 atom stereocenters. The molecule has 0 saturated heterocycles. The van der Waals surface area contributed by atoms with Gasteiger partial charge in [0.25, 0.3) is 0 Å². The van der Waals surface area contributed by atoms with Crippen LogP contribution in [0.2, 0.25) is 0 Å². The SMILES string of the molecule is CC(C)CC(=O)NC1=NC=C(c2ccc(O)cc2)NC1(C)CCC1CCCCC1. The molecular formula is C24H35N3O2. The summed E-state index contributed by atoms with van der Waals surface area (Å²) in [7, 11) is 0. The van der Waals surface area contributed by atoms with Crippen molar-refractivity contribution in [1.29, 1.82) is 0 Å². The first-order chi connectivity index (χ1) is 13.9. The van der Waals surface area contributed by atoms with Crippen molar-refractivity contribution < 1.29 is 9.90 Å². The van der Waals surface area contributed by atoms with Crippen LogP contribution in [0.15, 0.2) is 35.5 Å². The van der Waals surface area contributed by atoms with Crippen LogP contribution in [0.25, 0.3) is 5.70 Å². The minimum Gasteiger partial charge on any atom is -0.508 e. The van der Waals surface area contributed by atoms with E-state index in [4.69, 9.17) is 0 Å². The fraction of sp³-hybridized carbons (Fsp3) is 0.583. The number of amides is 1. The van der Waals surface area contributed by atoms with Gasteiger partial charge in [-0.05, 0) is 61.4 Å². The molecule has 29 heavy (non-hydrogen) atoms. The summed E-state index contributed by atoms with van der Waals surface area (Å²) >= 11 is 0. The summed E-state index contributed by atoms with van der Waals surface area (Å²) in [6, 6.07) is 7.13. The minimum atomic E-state index is -0.425. The number of rotatable bonds is 6. The Balaban J connectivity index is 1.79. The maximum absolute atomic E-state index is 12.4. The van der Waals surface area contributed by atoms with Crippen LogP contribution < -0.4 is 10.6 Å². The zero-order valence-corrected chi connectivity index (χ0v) is 18.0. The second kappa shape index (κ2) is 9.47. The fourth-order valence-electron chi connectivity index (χ4n) is 4.32. The smallest absolute Gasteiger partial charge is 0.225 e. The van der Waals surface area contributed by atoms with Gasteiger partial charge in [-0.2, -0.15) is 0 Å². The third-order valence-corrected chi connectivity index (χ3v) is 6.06. The van der Waals surface area contributed by atoms with Crippen LogP contribution in [0, 0.1) is 11.8 Å². The van der Waals surface area contributed by atoms with Crippen LogP contribution in [0.3, 0.4) is 0 Å². The molecule has 3 N–H and O–H groups in total. The predicted molar refractivity (Wildman–Crippen MR) is 118 cm³/mol. The third kappa shape index (κ3) is 5.84. The van der Waals surface area contributed by atoms with E-state index in [0.29, 0.717) is 18.2 Å². The van der Waals surface area contributed by atoms with Crippen molar-refractivity contribution in [2.45, 2.75) is 77.7 Å². The van der Waals surface area contributed by atoms with Gasteiger partial charge < -0.3 is 15.7 Å². The zero-order chi connectivity index (χ0) is 20.9. The molecule has 1 saturated carbocycles. The number of nitrogens with zero attached hydrogens (tertiary/aromatic N) is 1. The molecule has 158 valence electrons. The topological polar surface area (TPSA) is 73.7 Å². The minimum absolute atomic E-state index is 0.0194. The van der Waals surface area contributed by atoms with Gasteiger partial charge in [-0.25, -0.2) is 4.99 Å². The quantitative estimate of drug-likeness (QED) is 0.634. The van der Waals surface area contributed by atoms with E-state index >= 15 is 0 Å². The maximum Gasteiger partial charge on any atom is 0.225 e. The molecule has 5 nitrogen and oxygen atoms in total. The van der Waals surface area contributed by atoms with Crippen LogP contribution in [0.5, 0.6) is 5.75 Å². The highest BCUT2D eigenvalue weighted by Gasteiger charge is 2.35. The maximum atomic E-state index is 12.4. The average Bonchev–Trinajstić information content (AvgIpc) is 2.69. The molecule has 1 heterocycles. The lowest BCUT2D eigenvalue weighted by Gasteiger charge is -2.38. The van der Waals surface area contributed by atoms with Gasteiger partial charge in [0.15, 0.2) is 0 Å². The van der Waals surface area contributed by atoms with Gasteiger partial charge >= 0.3 is 0 Å². The molecule has 1 aromatic carbocycles. The van der Waals surface area contributed by atoms with Crippen LogP contribution in [-0.4, -0.2) is 22.4 Å². The van der Waals surface area contributed by atoms with Crippen molar-refractivity contribution in [3.05, 3.63) is 36.0 Å². The van der Waals surface area contributed by atoms with E-state index in [1.165, 1.54) is 32.1 Å². The Labute approximate surface area is 174 Å². The number of phenols is 1. The predicted octanol–water partition coefficient (Wildman–Crippen LogP) is 4.97. The number of aliphatic imine (C=N–C) groups is 1. The molecule has 1 fully saturated rings. The van der Waals surface area contributed by atoms with E-state index in [-0.39, 0.29) is 11.7 Å². The molecule has 5 heteroatoms. The molecule has 0 bridgehead atoms. The molecule has 2 aliphatic rings. The van der Waals surface area contributed by atoms with Gasteiger partial charge in [0.2, 0.25) is 5.91 Å². The van der Waals surface area contributed by atoms with E-state index in [2.05, 4.69) is 22.5 Å². The van der Waals surface area contributed by atoms with Crippen molar-refractivity contribution in [3.63, 3.8) is 0 Å². The van der Waals surface area contributed by atoms with Crippen LogP contribution >= 0.6 is 0 Å². The third-order valence-electron chi connectivity index (χ3n) is 6.06. The lowest BCUT2D eigenvalue weighted by atomic mass is 9.81. The Kier molecular flexibility index (Phi) is 6.99. The van der Waals surface area contributed by atoms with E-state index in [0.717, 1.165) is 30.0 Å². The summed E-state index contributed by atoms with van der Waals surface area (Å²) in [6.45, 7) is 6.23. The first kappa shape index (κ1) is 21.4. The molecule has 1 amide bonds. The lowest BCUT2D eigenvalue weighted by Crippen LogP contribution is -2.57. The first-order valence-corrected chi connectivity index (χ1v) is 11.0. The number of phenolic OH excluding ortho intramolecular Hbond substituents is 1. The van der Waals surface area contributed by atoms with Crippen LogP contribution in [0.4, 0.5) is 0 Å². The molecule has 1 aliphatic carbocycles. The molecule has 1 unspecified atom stereocenters. The molecule has 0 radical (unpaired) electrons. The molecule has 3 rings (SSSR count). The van der Waals surface area contributed by atoms with Gasteiger partial charge in [-0.3, -0.25) is 4.79 Å². The summed E-state index contributed by atoms with van der Waals surface area (Å²) in [5.41, 5.74) is 1.47. The standard InChI is InChI=1S/C24H35N3O2/c1-17(2)15-22(29)26-23-24(3,14-13-18-7-5-4-6-8-18)27-21(16-25-23)19-9-11-20(28)12-10-19/h9-12,16-18,27-28H,4-8,13-15H2,1-3H3,(H,25,26,29). The monoisotopic (exact) mass is 397 g/mol. The Hall–Kier alpha value is -2.30. The van der Waals surface area contributed by atoms with Crippen molar-refractivity contribution in [2.24, 2.45) is 16.8 Å². The van der Waals surface area contributed by atoms with Crippen molar-refractivity contribution in [3.8, 4) is 5.75 Å². The largest absolute Gasteiger partial charge is 0.508 e. The van der Waals surface area contributed by atoms with Crippen molar-refractivity contribution >= 4 is 17.4 Å².